The van der Waals surface area contributed by atoms with Gasteiger partial charge in [0.15, 0.2) is 11.5 Å². The summed E-state index contributed by atoms with van der Waals surface area (Å²) >= 11 is 6.43. The van der Waals surface area contributed by atoms with Crippen LogP contribution in [0, 0.1) is 17.0 Å². The highest BCUT2D eigenvalue weighted by Crippen LogP contribution is 2.34. The molecule has 3 aromatic rings. The summed E-state index contributed by atoms with van der Waals surface area (Å²) in [7, 11) is 2.86. The van der Waals surface area contributed by atoms with E-state index in [0.29, 0.717) is 23.6 Å². The van der Waals surface area contributed by atoms with Crippen molar-refractivity contribution in [3.8, 4) is 11.5 Å². The number of aryl methyl sites for hydroxylation is 1. The summed E-state index contributed by atoms with van der Waals surface area (Å²) < 4.78 is 11.9. The largest absolute Gasteiger partial charge is 0.493 e. The molecule has 0 aliphatic heterocycles. The fraction of sp³-hybridized carbons (Fsp3) is 0.273. The molecule has 0 aliphatic rings. The van der Waals surface area contributed by atoms with Gasteiger partial charge in [-0.15, -0.1) is 0 Å². The summed E-state index contributed by atoms with van der Waals surface area (Å²) in [6.45, 7) is 2.31. The number of nitro groups is 1. The molecule has 0 atom stereocenters. The average Bonchev–Trinajstić information content (AvgIpc) is 3.06. The Hall–Kier alpha value is -3.59. The first-order chi connectivity index (χ1) is 15.3. The molecule has 0 fully saturated rings. The van der Waals surface area contributed by atoms with Crippen molar-refractivity contribution in [2.45, 2.75) is 19.9 Å². The maximum absolute atomic E-state index is 12.8. The van der Waals surface area contributed by atoms with Gasteiger partial charge in [0.1, 0.15) is 5.15 Å². The van der Waals surface area contributed by atoms with E-state index in [-0.39, 0.29) is 35.1 Å². The van der Waals surface area contributed by atoms with Crippen LogP contribution in [0.1, 0.15) is 27.2 Å². The quantitative estimate of drug-likeness (QED) is 0.386. The van der Waals surface area contributed by atoms with E-state index in [4.69, 9.17) is 21.1 Å². The molecular formula is C22H23ClN4O5. The second kappa shape index (κ2) is 10.1. The molecule has 10 heteroatoms. The van der Waals surface area contributed by atoms with Crippen LogP contribution in [-0.2, 0) is 13.0 Å². The lowest BCUT2D eigenvalue weighted by Crippen LogP contribution is -2.26. The maximum Gasteiger partial charge on any atom is 0.276 e. The minimum absolute atomic E-state index is 0.109. The van der Waals surface area contributed by atoms with E-state index < -0.39 is 10.8 Å². The van der Waals surface area contributed by atoms with Crippen LogP contribution in [0.2, 0.25) is 5.15 Å². The van der Waals surface area contributed by atoms with Gasteiger partial charge in [0.2, 0.25) is 0 Å². The van der Waals surface area contributed by atoms with Crippen LogP contribution < -0.4 is 14.8 Å². The second-order valence-electron chi connectivity index (χ2n) is 6.99. The predicted molar refractivity (Wildman–Crippen MR) is 120 cm³/mol. The summed E-state index contributed by atoms with van der Waals surface area (Å²) in [6.07, 6.45) is 0.219. The highest BCUT2D eigenvalue weighted by atomic mass is 35.5. The number of ether oxygens (including phenoxy) is 2. The zero-order valence-electron chi connectivity index (χ0n) is 17.9. The van der Waals surface area contributed by atoms with E-state index in [1.807, 2.05) is 30.3 Å². The summed E-state index contributed by atoms with van der Waals surface area (Å²) in [5, 5.41) is 18.8. The van der Waals surface area contributed by atoms with Crippen molar-refractivity contribution in [2.24, 2.45) is 0 Å². The molecule has 2 aromatic carbocycles. The molecule has 0 radical (unpaired) electrons. The summed E-state index contributed by atoms with van der Waals surface area (Å²) in [5.41, 5.74) is 2.09. The standard InChI is InChI=1S/C22H23ClN4O5/c1-14-20(21(23)26(25-14)13-15-7-5-4-6-8-15)22(28)24-10-9-16-11-18(31-2)19(32-3)12-17(16)27(29)30/h4-8,11-12H,9-10,13H2,1-3H3,(H,24,28). The number of amides is 1. The number of benzene rings is 2. The van der Waals surface area contributed by atoms with Crippen LogP contribution in [0.25, 0.3) is 0 Å². The van der Waals surface area contributed by atoms with Crippen LogP contribution in [0.3, 0.4) is 0 Å². The molecule has 32 heavy (non-hydrogen) atoms. The molecular weight excluding hydrogens is 436 g/mol. The van der Waals surface area contributed by atoms with Crippen molar-refractivity contribution < 1.29 is 19.2 Å². The van der Waals surface area contributed by atoms with E-state index in [9.17, 15) is 14.9 Å². The number of methoxy groups -OCH3 is 2. The molecule has 0 saturated heterocycles. The third-order valence-corrected chi connectivity index (χ3v) is 5.31. The van der Waals surface area contributed by atoms with Crippen molar-refractivity contribution in [1.29, 1.82) is 0 Å². The normalized spacial score (nSPS) is 10.6. The minimum Gasteiger partial charge on any atom is -0.493 e. The minimum atomic E-state index is -0.492. The van der Waals surface area contributed by atoms with Gasteiger partial charge < -0.3 is 14.8 Å². The number of nitrogens with one attached hydrogen (secondary N) is 1. The van der Waals surface area contributed by atoms with Crippen molar-refractivity contribution in [1.82, 2.24) is 15.1 Å². The summed E-state index contributed by atoms with van der Waals surface area (Å²) in [4.78, 5) is 23.7. The summed E-state index contributed by atoms with van der Waals surface area (Å²) in [5.74, 6) is 0.246. The van der Waals surface area contributed by atoms with E-state index in [0.717, 1.165) is 5.56 Å². The molecule has 0 saturated carbocycles. The van der Waals surface area contributed by atoms with Crippen LogP contribution in [0.5, 0.6) is 11.5 Å². The smallest absolute Gasteiger partial charge is 0.276 e. The van der Waals surface area contributed by atoms with Crippen LogP contribution in [0.4, 0.5) is 5.69 Å². The lowest BCUT2D eigenvalue weighted by Gasteiger charge is -2.11. The maximum atomic E-state index is 12.8. The number of nitrogens with zero attached hydrogens (tertiary/aromatic N) is 3. The number of nitro benzene ring substituents is 1. The van der Waals surface area contributed by atoms with E-state index in [1.54, 1.807) is 17.7 Å². The topological polar surface area (TPSA) is 109 Å². The number of rotatable bonds is 9. The molecule has 0 unspecified atom stereocenters. The lowest BCUT2D eigenvalue weighted by molar-refractivity contribution is -0.385. The van der Waals surface area contributed by atoms with Gasteiger partial charge in [-0.25, -0.2) is 4.68 Å². The van der Waals surface area contributed by atoms with Gasteiger partial charge >= 0.3 is 0 Å². The van der Waals surface area contributed by atoms with Crippen LogP contribution in [-0.4, -0.2) is 41.4 Å². The highest BCUT2D eigenvalue weighted by molar-refractivity contribution is 6.33. The molecule has 0 aliphatic carbocycles. The lowest BCUT2D eigenvalue weighted by atomic mass is 10.1. The predicted octanol–water partition coefficient (Wildman–Crippen LogP) is 3.79. The van der Waals surface area contributed by atoms with Gasteiger partial charge in [0, 0.05) is 12.1 Å². The Morgan fingerprint density at radius 1 is 1.19 bits per heavy atom. The van der Waals surface area contributed by atoms with Crippen LogP contribution in [0.15, 0.2) is 42.5 Å². The van der Waals surface area contributed by atoms with Crippen molar-refractivity contribution in [3.63, 3.8) is 0 Å². The Balaban J connectivity index is 1.72. The fourth-order valence-electron chi connectivity index (χ4n) is 3.35. The van der Waals surface area contributed by atoms with E-state index in [2.05, 4.69) is 10.4 Å². The first kappa shape index (κ1) is 23.1. The van der Waals surface area contributed by atoms with Crippen LogP contribution >= 0.6 is 11.6 Å². The molecule has 1 heterocycles. The number of halogens is 1. The number of carbonyl (C=O) groups is 1. The monoisotopic (exact) mass is 458 g/mol. The Labute approximate surface area is 190 Å². The molecule has 9 nitrogen and oxygen atoms in total. The van der Waals surface area contributed by atoms with Gasteiger partial charge in [-0.2, -0.15) is 5.10 Å². The zero-order chi connectivity index (χ0) is 23.3. The molecule has 1 aromatic heterocycles. The van der Waals surface area contributed by atoms with Crippen molar-refractivity contribution >= 4 is 23.2 Å². The summed E-state index contributed by atoms with van der Waals surface area (Å²) in [6, 6.07) is 12.5. The second-order valence-corrected chi connectivity index (χ2v) is 7.35. The van der Waals surface area contributed by atoms with Gasteiger partial charge in [-0.1, -0.05) is 41.9 Å². The Bertz CT molecular complexity index is 1130. The highest BCUT2D eigenvalue weighted by Gasteiger charge is 2.22. The van der Waals surface area contributed by atoms with E-state index in [1.165, 1.54) is 20.3 Å². The number of aromatic nitrogens is 2. The Morgan fingerprint density at radius 2 is 1.84 bits per heavy atom. The molecule has 1 amide bonds. The number of hydrogen-bond acceptors (Lipinski definition) is 6. The fourth-order valence-corrected chi connectivity index (χ4v) is 3.67. The molecule has 1 N–H and O–H groups in total. The Morgan fingerprint density at radius 3 is 2.47 bits per heavy atom. The first-order valence-corrected chi connectivity index (χ1v) is 10.2. The van der Waals surface area contributed by atoms with Crippen molar-refractivity contribution in [2.75, 3.05) is 20.8 Å². The number of hydrogen-bond donors (Lipinski definition) is 1. The molecule has 0 spiro atoms. The number of carbonyl (C=O) groups excluding carboxylic acids is 1. The third-order valence-electron chi connectivity index (χ3n) is 4.93. The van der Waals surface area contributed by atoms with Gasteiger partial charge in [0.05, 0.1) is 43.0 Å². The molecule has 0 bridgehead atoms. The van der Waals surface area contributed by atoms with E-state index >= 15 is 0 Å². The molecule has 3 rings (SSSR count). The zero-order valence-corrected chi connectivity index (χ0v) is 18.7. The average molecular weight is 459 g/mol. The molecule has 168 valence electrons. The van der Waals surface area contributed by atoms with Gasteiger partial charge in [-0.05, 0) is 25.0 Å². The van der Waals surface area contributed by atoms with Gasteiger partial charge in [0.25, 0.3) is 11.6 Å². The third kappa shape index (κ3) is 5.00. The van der Waals surface area contributed by atoms with Gasteiger partial charge in [-0.3, -0.25) is 14.9 Å². The van der Waals surface area contributed by atoms with Crippen molar-refractivity contribution in [3.05, 3.63) is 80.1 Å². The SMILES string of the molecule is COc1cc(CCNC(=O)c2c(C)nn(Cc3ccccc3)c2Cl)c([N+](=O)[O-])cc1OC. The Kier molecular flexibility index (Phi) is 7.32. The first-order valence-electron chi connectivity index (χ1n) is 9.80.